The zero-order valence-electron chi connectivity index (χ0n) is 17.1. The van der Waals surface area contributed by atoms with Crippen molar-refractivity contribution in [2.24, 2.45) is 0 Å². The van der Waals surface area contributed by atoms with E-state index in [-0.39, 0.29) is 12.6 Å². The highest BCUT2D eigenvalue weighted by atomic mass is 16.5. The lowest BCUT2D eigenvalue weighted by Gasteiger charge is -2.03. The van der Waals surface area contributed by atoms with E-state index >= 15 is 0 Å². The maximum absolute atomic E-state index is 11.7. The Morgan fingerprint density at radius 3 is 2.11 bits per heavy atom. The van der Waals surface area contributed by atoms with E-state index in [4.69, 9.17) is 4.74 Å². The number of rotatable bonds is 16. The smallest absolute Gasteiger partial charge is 0.306 e. The third-order valence-electron chi connectivity index (χ3n) is 4.41. The van der Waals surface area contributed by atoms with Gasteiger partial charge < -0.3 is 4.74 Å². The molecule has 1 aromatic rings. The van der Waals surface area contributed by atoms with Gasteiger partial charge in [0.25, 0.3) is 0 Å². The maximum atomic E-state index is 11.7. The van der Waals surface area contributed by atoms with Gasteiger partial charge in [-0.1, -0.05) is 56.6 Å². The van der Waals surface area contributed by atoms with Crippen LogP contribution in [0.1, 0.15) is 89.7 Å². The standard InChI is InChI=1S/C24H37NO2/c1-2-3-4-5-6-7-8-9-10-11-12-13-14-15-16-20-24(26)27-22-23-19-17-18-21-25-23/h7-8,13-14,17-19,21H,2-6,9-12,15-16,20,22H2,1H3. The van der Waals surface area contributed by atoms with Gasteiger partial charge in [-0.3, -0.25) is 9.78 Å². The summed E-state index contributed by atoms with van der Waals surface area (Å²) in [6.07, 6.45) is 24.5. The fourth-order valence-electron chi connectivity index (χ4n) is 2.76. The van der Waals surface area contributed by atoms with Crippen molar-refractivity contribution < 1.29 is 9.53 Å². The lowest BCUT2D eigenvalue weighted by Crippen LogP contribution is -2.04. The number of pyridine rings is 1. The molecule has 0 aliphatic carbocycles. The highest BCUT2D eigenvalue weighted by Gasteiger charge is 2.02. The molecule has 0 spiro atoms. The second-order valence-electron chi connectivity index (χ2n) is 6.95. The Morgan fingerprint density at radius 2 is 1.52 bits per heavy atom. The highest BCUT2D eigenvalue weighted by molar-refractivity contribution is 5.69. The fraction of sp³-hybridized carbons (Fsp3) is 0.583. The molecule has 1 heterocycles. The van der Waals surface area contributed by atoms with E-state index in [0.717, 1.165) is 25.0 Å². The largest absolute Gasteiger partial charge is 0.459 e. The molecule has 150 valence electrons. The summed E-state index contributed by atoms with van der Waals surface area (Å²) in [7, 11) is 0. The van der Waals surface area contributed by atoms with Crippen LogP contribution in [0.15, 0.2) is 48.7 Å². The van der Waals surface area contributed by atoms with Crippen LogP contribution in [-0.4, -0.2) is 11.0 Å². The van der Waals surface area contributed by atoms with Gasteiger partial charge in [0.2, 0.25) is 0 Å². The Morgan fingerprint density at radius 1 is 0.889 bits per heavy atom. The Kier molecular flexibility index (Phi) is 15.0. The minimum atomic E-state index is -0.143. The predicted octanol–water partition coefficient (Wildman–Crippen LogP) is 6.94. The van der Waals surface area contributed by atoms with Crippen molar-refractivity contribution in [2.75, 3.05) is 0 Å². The normalized spacial score (nSPS) is 11.4. The van der Waals surface area contributed by atoms with Crippen molar-refractivity contribution in [2.45, 2.75) is 90.6 Å². The molecule has 1 rings (SSSR count). The molecule has 0 unspecified atom stereocenters. The van der Waals surface area contributed by atoms with Crippen LogP contribution >= 0.6 is 0 Å². The number of allylic oxidation sites excluding steroid dienone is 4. The molecule has 0 saturated carbocycles. The van der Waals surface area contributed by atoms with E-state index in [1.807, 2.05) is 18.2 Å². The van der Waals surface area contributed by atoms with Crippen LogP contribution in [0, 0.1) is 0 Å². The lowest BCUT2D eigenvalue weighted by atomic mass is 10.1. The summed E-state index contributed by atoms with van der Waals surface area (Å²) in [5.74, 6) is -0.143. The first-order valence-corrected chi connectivity index (χ1v) is 10.7. The first kappa shape index (κ1) is 23.1. The van der Waals surface area contributed by atoms with Gasteiger partial charge in [-0.05, 0) is 63.5 Å². The Balaban J connectivity index is 1.87. The van der Waals surface area contributed by atoms with Crippen LogP contribution in [0.4, 0.5) is 0 Å². The number of aromatic nitrogens is 1. The summed E-state index contributed by atoms with van der Waals surface area (Å²) >= 11 is 0. The average molecular weight is 372 g/mol. The van der Waals surface area contributed by atoms with E-state index in [9.17, 15) is 4.79 Å². The fourth-order valence-corrected chi connectivity index (χ4v) is 2.76. The molecule has 1 aromatic heterocycles. The molecular formula is C24H37NO2. The van der Waals surface area contributed by atoms with Gasteiger partial charge in [-0.2, -0.15) is 0 Å². The van der Waals surface area contributed by atoms with E-state index in [2.05, 4.69) is 36.2 Å². The maximum Gasteiger partial charge on any atom is 0.306 e. The molecule has 0 radical (unpaired) electrons. The molecule has 0 aliphatic heterocycles. The molecular weight excluding hydrogens is 334 g/mol. The minimum absolute atomic E-state index is 0.143. The van der Waals surface area contributed by atoms with Gasteiger partial charge in [-0.25, -0.2) is 0 Å². The SMILES string of the molecule is CCCCCCC=CCCCCC=CCCCC(=O)OCc1ccccn1. The van der Waals surface area contributed by atoms with Gasteiger partial charge in [0.05, 0.1) is 5.69 Å². The summed E-state index contributed by atoms with van der Waals surface area (Å²) in [6, 6.07) is 5.61. The molecule has 0 fully saturated rings. The van der Waals surface area contributed by atoms with E-state index in [1.54, 1.807) is 6.20 Å². The average Bonchev–Trinajstić information content (AvgIpc) is 2.70. The van der Waals surface area contributed by atoms with Crippen LogP contribution in [0.5, 0.6) is 0 Å². The Hall–Kier alpha value is -1.90. The molecule has 0 saturated heterocycles. The molecule has 27 heavy (non-hydrogen) atoms. The van der Waals surface area contributed by atoms with Crippen molar-refractivity contribution >= 4 is 5.97 Å². The molecule has 3 nitrogen and oxygen atoms in total. The first-order chi connectivity index (χ1) is 13.3. The number of carbonyl (C=O) groups is 1. The van der Waals surface area contributed by atoms with Crippen LogP contribution in [-0.2, 0) is 16.1 Å². The summed E-state index contributed by atoms with van der Waals surface area (Å²) in [4.78, 5) is 15.8. The summed E-state index contributed by atoms with van der Waals surface area (Å²) < 4.78 is 5.22. The topological polar surface area (TPSA) is 39.2 Å². The second kappa shape index (κ2) is 17.5. The summed E-state index contributed by atoms with van der Waals surface area (Å²) in [6.45, 7) is 2.52. The van der Waals surface area contributed by atoms with Crippen molar-refractivity contribution in [3.05, 3.63) is 54.4 Å². The molecule has 0 atom stereocenters. The van der Waals surface area contributed by atoms with Gasteiger partial charge in [0.1, 0.15) is 6.61 Å². The number of carbonyl (C=O) groups excluding carboxylic acids is 1. The molecule has 0 amide bonds. The minimum Gasteiger partial charge on any atom is -0.459 e. The quantitative estimate of drug-likeness (QED) is 0.179. The number of hydrogen-bond acceptors (Lipinski definition) is 3. The second-order valence-corrected chi connectivity index (χ2v) is 6.95. The zero-order chi connectivity index (χ0) is 19.4. The van der Waals surface area contributed by atoms with Crippen molar-refractivity contribution in [3.8, 4) is 0 Å². The number of ether oxygens (including phenoxy) is 1. The van der Waals surface area contributed by atoms with Crippen LogP contribution in [0.3, 0.4) is 0 Å². The van der Waals surface area contributed by atoms with Crippen LogP contribution < -0.4 is 0 Å². The zero-order valence-corrected chi connectivity index (χ0v) is 17.1. The predicted molar refractivity (Wildman–Crippen MR) is 113 cm³/mol. The van der Waals surface area contributed by atoms with Gasteiger partial charge in [0.15, 0.2) is 0 Å². The van der Waals surface area contributed by atoms with Crippen LogP contribution in [0.25, 0.3) is 0 Å². The van der Waals surface area contributed by atoms with E-state index < -0.39 is 0 Å². The van der Waals surface area contributed by atoms with Crippen molar-refractivity contribution in [3.63, 3.8) is 0 Å². The molecule has 0 bridgehead atoms. The number of nitrogens with zero attached hydrogens (tertiary/aromatic N) is 1. The number of esters is 1. The summed E-state index contributed by atoms with van der Waals surface area (Å²) in [5.41, 5.74) is 0.789. The van der Waals surface area contributed by atoms with Gasteiger partial charge in [-0.15, -0.1) is 0 Å². The van der Waals surface area contributed by atoms with Crippen LogP contribution in [0.2, 0.25) is 0 Å². The third-order valence-corrected chi connectivity index (χ3v) is 4.41. The molecule has 0 N–H and O–H groups in total. The number of hydrogen-bond donors (Lipinski definition) is 0. The number of unbranched alkanes of at least 4 members (excludes halogenated alkanes) is 8. The van der Waals surface area contributed by atoms with Gasteiger partial charge >= 0.3 is 5.97 Å². The summed E-state index contributed by atoms with van der Waals surface area (Å²) in [5, 5.41) is 0. The van der Waals surface area contributed by atoms with Crippen molar-refractivity contribution in [1.29, 1.82) is 0 Å². The Labute approximate surface area is 165 Å². The molecule has 0 aromatic carbocycles. The Bertz CT molecular complexity index is 522. The first-order valence-electron chi connectivity index (χ1n) is 10.7. The van der Waals surface area contributed by atoms with E-state index in [0.29, 0.717) is 6.42 Å². The third kappa shape index (κ3) is 14.9. The highest BCUT2D eigenvalue weighted by Crippen LogP contribution is 2.07. The monoisotopic (exact) mass is 371 g/mol. The van der Waals surface area contributed by atoms with Gasteiger partial charge in [0, 0.05) is 12.6 Å². The molecule has 3 heteroatoms. The van der Waals surface area contributed by atoms with E-state index in [1.165, 1.54) is 51.4 Å². The van der Waals surface area contributed by atoms with Crippen molar-refractivity contribution in [1.82, 2.24) is 4.98 Å². The lowest BCUT2D eigenvalue weighted by molar-refractivity contribution is -0.145. The molecule has 0 aliphatic rings.